The Bertz CT molecular complexity index is 838. The van der Waals surface area contributed by atoms with Gasteiger partial charge >= 0.3 is 0 Å². The largest absolute Gasteiger partial charge is 0.484 e. The van der Waals surface area contributed by atoms with Crippen molar-refractivity contribution in [3.05, 3.63) is 58.1 Å². The van der Waals surface area contributed by atoms with Crippen molar-refractivity contribution in [2.75, 3.05) is 6.61 Å². The Hall–Kier alpha value is -2.60. The van der Waals surface area contributed by atoms with Gasteiger partial charge in [0.15, 0.2) is 12.4 Å². The first kappa shape index (κ1) is 16.3. The van der Waals surface area contributed by atoms with Crippen LogP contribution in [0.4, 0.5) is 0 Å². The number of rotatable bonds is 6. The highest BCUT2D eigenvalue weighted by Gasteiger charge is 2.09. The quantitative estimate of drug-likeness (QED) is 0.741. The number of benzene rings is 1. The molecule has 0 aliphatic heterocycles. The van der Waals surface area contributed by atoms with E-state index in [-0.39, 0.29) is 12.5 Å². The van der Waals surface area contributed by atoms with Gasteiger partial charge in [0.1, 0.15) is 17.2 Å². The van der Waals surface area contributed by atoms with E-state index in [1.807, 2.05) is 55.6 Å². The number of amides is 1. The van der Waals surface area contributed by atoms with Gasteiger partial charge in [0, 0.05) is 5.38 Å². The lowest BCUT2D eigenvalue weighted by Crippen LogP contribution is -2.28. The molecule has 5 nitrogen and oxygen atoms in total. The summed E-state index contributed by atoms with van der Waals surface area (Å²) in [5.74, 6) is 1.88. The summed E-state index contributed by atoms with van der Waals surface area (Å²) in [6.07, 6.45) is 0. The van der Waals surface area contributed by atoms with Crippen LogP contribution in [-0.4, -0.2) is 17.5 Å². The summed E-state index contributed by atoms with van der Waals surface area (Å²) >= 11 is 1.57. The number of carbonyl (C=O) groups is 1. The van der Waals surface area contributed by atoms with Crippen molar-refractivity contribution in [1.29, 1.82) is 0 Å². The monoisotopic (exact) mass is 342 g/mol. The summed E-state index contributed by atoms with van der Waals surface area (Å²) in [5, 5.41) is 5.72. The van der Waals surface area contributed by atoms with Crippen molar-refractivity contribution in [2.45, 2.75) is 20.4 Å². The van der Waals surface area contributed by atoms with E-state index in [9.17, 15) is 4.79 Å². The zero-order valence-electron chi connectivity index (χ0n) is 13.5. The summed E-state index contributed by atoms with van der Waals surface area (Å²) in [4.78, 5) is 16.2. The molecule has 124 valence electrons. The van der Waals surface area contributed by atoms with Crippen LogP contribution >= 0.6 is 11.3 Å². The van der Waals surface area contributed by atoms with Crippen molar-refractivity contribution in [2.24, 2.45) is 0 Å². The van der Waals surface area contributed by atoms with Crippen LogP contribution in [0.25, 0.3) is 11.5 Å². The summed E-state index contributed by atoms with van der Waals surface area (Å²) in [7, 11) is 0. The first-order chi connectivity index (χ1) is 11.6. The molecule has 0 atom stereocenters. The number of carbonyl (C=O) groups excluding carboxylic acids is 1. The van der Waals surface area contributed by atoms with E-state index >= 15 is 0 Å². The summed E-state index contributed by atoms with van der Waals surface area (Å²) in [6.45, 7) is 4.22. The van der Waals surface area contributed by atoms with Gasteiger partial charge in [-0.25, -0.2) is 4.98 Å². The van der Waals surface area contributed by atoms with E-state index < -0.39 is 0 Å². The van der Waals surface area contributed by atoms with Crippen LogP contribution in [0, 0.1) is 13.8 Å². The molecule has 0 spiro atoms. The van der Waals surface area contributed by atoms with Crippen LogP contribution in [0.5, 0.6) is 5.75 Å². The lowest BCUT2D eigenvalue weighted by atomic mass is 10.2. The van der Waals surface area contributed by atoms with E-state index in [4.69, 9.17) is 9.15 Å². The van der Waals surface area contributed by atoms with E-state index in [1.165, 1.54) is 0 Å². The lowest BCUT2D eigenvalue weighted by Gasteiger charge is -2.07. The fourth-order valence-corrected chi connectivity index (χ4v) is 2.78. The fraction of sp³-hybridized carbons (Fsp3) is 0.222. The van der Waals surface area contributed by atoms with Gasteiger partial charge < -0.3 is 14.5 Å². The molecule has 0 fully saturated rings. The maximum atomic E-state index is 11.9. The number of nitrogens with zero attached hydrogens (tertiary/aromatic N) is 1. The number of thiazole rings is 1. The fourth-order valence-electron chi connectivity index (χ4n) is 2.18. The standard InChI is InChI=1S/C18H18N2O3S/c1-12-4-3-5-14(8-12)22-10-18(21)19-9-15-6-7-17(23-15)16-11-24-13(2)20-16/h3-8,11H,9-10H2,1-2H3,(H,19,21). The van der Waals surface area contributed by atoms with Gasteiger partial charge in [0.2, 0.25) is 0 Å². The molecule has 1 N–H and O–H groups in total. The van der Waals surface area contributed by atoms with Crippen molar-refractivity contribution in [3.8, 4) is 17.2 Å². The van der Waals surface area contributed by atoms with E-state index in [0.717, 1.165) is 16.3 Å². The molecule has 6 heteroatoms. The number of furan rings is 1. The Balaban J connectivity index is 1.49. The Morgan fingerprint density at radius 3 is 2.92 bits per heavy atom. The van der Waals surface area contributed by atoms with Crippen LogP contribution in [0.15, 0.2) is 46.2 Å². The zero-order valence-corrected chi connectivity index (χ0v) is 14.4. The second-order valence-electron chi connectivity index (χ2n) is 5.40. The molecule has 24 heavy (non-hydrogen) atoms. The van der Waals surface area contributed by atoms with Crippen molar-refractivity contribution >= 4 is 17.2 Å². The smallest absolute Gasteiger partial charge is 0.258 e. The molecule has 1 amide bonds. The molecule has 2 heterocycles. The predicted molar refractivity (Wildman–Crippen MR) is 93.1 cm³/mol. The minimum Gasteiger partial charge on any atom is -0.484 e. The van der Waals surface area contributed by atoms with E-state index in [0.29, 0.717) is 23.8 Å². The van der Waals surface area contributed by atoms with Gasteiger partial charge in [-0.05, 0) is 43.7 Å². The van der Waals surface area contributed by atoms with Crippen LogP contribution in [0.2, 0.25) is 0 Å². The summed E-state index contributed by atoms with van der Waals surface area (Å²) in [6, 6.07) is 11.3. The average Bonchev–Trinajstić information content (AvgIpc) is 3.20. The number of hydrogen-bond acceptors (Lipinski definition) is 5. The second kappa shape index (κ2) is 7.31. The van der Waals surface area contributed by atoms with E-state index in [2.05, 4.69) is 10.3 Å². The number of nitrogens with one attached hydrogen (secondary N) is 1. The summed E-state index contributed by atoms with van der Waals surface area (Å²) in [5.41, 5.74) is 1.91. The van der Waals surface area contributed by atoms with Gasteiger partial charge in [-0.15, -0.1) is 11.3 Å². The normalized spacial score (nSPS) is 10.6. The van der Waals surface area contributed by atoms with Gasteiger partial charge in [-0.3, -0.25) is 4.79 Å². The third-order valence-corrected chi connectivity index (χ3v) is 4.13. The molecular weight excluding hydrogens is 324 g/mol. The van der Waals surface area contributed by atoms with Gasteiger partial charge in [0.25, 0.3) is 5.91 Å². The first-order valence-corrected chi connectivity index (χ1v) is 8.45. The Morgan fingerprint density at radius 2 is 2.17 bits per heavy atom. The van der Waals surface area contributed by atoms with Crippen LogP contribution in [0.1, 0.15) is 16.3 Å². The maximum Gasteiger partial charge on any atom is 0.258 e. The molecule has 0 radical (unpaired) electrons. The minimum atomic E-state index is -0.195. The molecule has 3 rings (SSSR count). The van der Waals surface area contributed by atoms with Crippen LogP contribution < -0.4 is 10.1 Å². The number of hydrogen-bond donors (Lipinski definition) is 1. The van der Waals surface area contributed by atoms with Crippen LogP contribution in [-0.2, 0) is 11.3 Å². The maximum absolute atomic E-state index is 11.9. The van der Waals surface area contributed by atoms with Crippen molar-refractivity contribution in [3.63, 3.8) is 0 Å². The average molecular weight is 342 g/mol. The molecule has 0 unspecified atom stereocenters. The Labute approximate surface area is 144 Å². The molecule has 0 saturated heterocycles. The highest BCUT2D eigenvalue weighted by molar-refractivity contribution is 7.09. The van der Waals surface area contributed by atoms with Crippen LogP contribution in [0.3, 0.4) is 0 Å². The number of aryl methyl sites for hydroxylation is 2. The van der Waals surface area contributed by atoms with Crippen molar-refractivity contribution in [1.82, 2.24) is 10.3 Å². The first-order valence-electron chi connectivity index (χ1n) is 7.57. The van der Waals surface area contributed by atoms with Gasteiger partial charge in [-0.2, -0.15) is 0 Å². The topological polar surface area (TPSA) is 64.4 Å². The predicted octanol–water partition coefficient (Wildman–Crippen LogP) is 3.72. The molecule has 3 aromatic rings. The van der Waals surface area contributed by atoms with E-state index in [1.54, 1.807) is 11.3 Å². The lowest BCUT2D eigenvalue weighted by molar-refractivity contribution is -0.123. The van der Waals surface area contributed by atoms with Gasteiger partial charge in [-0.1, -0.05) is 12.1 Å². The molecule has 0 aliphatic carbocycles. The zero-order chi connectivity index (χ0) is 16.9. The number of ether oxygens (including phenoxy) is 1. The Morgan fingerprint density at radius 1 is 1.29 bits per heavy atom. The SMILES string of the molecule is Cc1cccc(OCC(=O)NCc2ccc(-c3csc(C)n3)o2)c1. The highest BCUT2D eigenvalue weighted by atomic mass is 32.1. The second-order valence-corrected chi connectivity index (χ2v) is 6.46. The molecule has 0 saturated carbocycles. The molecule has 0 bridgehead atoms. The summed E-state index contributed by atoms with van der Waals surface area (Å²) < 4.78 is 11.2. The van der Waals surface area contributed by atoms with Gasteiger partial charge in [0.05, 0.1) is 11.6 Å². The Kier molecular flexibility index (Phi) is 4.96. The highest BCUT2D eigenvalue weighted by Crippen LogP contribution is 2.23. The molecule has 0 aliphatic rings. The number of aromatic nitrogens is 1. The molecule has 1 aromatic carbocycles. The molecular formula is C18H18N2O3S. The minimum absolute atomic E-state index is 0.0255. The third kappa shape index (κ3) is 4.23. The van der Waals surface area contributed by atoms with Crippen molar-refractivity contribution < 1.29 is 13.9 Å². The molecule has 2 aromatic heterocycles. The third-order valence-electron chi connectivity index (χ3n) is 3.35.